The molecule has 2 aromatic heterocycles. The molecule has 0 aliphatic heterocycles. The normalized spacial score (nSPS) is 16.6. The molecule has 0 spiro atoms. The first kappa shape index (κ1) is 38.1. The van der Waals surface area contributed by atoms with Crippen molar-refractivity contribution in [1.29, 1.82) is 0 Å². The van der Waals surface area contributed by atoms with Crippen molar-refractivity contribution in [2.24, 2.45) is 11.8 Å². The van der Waals surface area contributed by atoms with Gasteiger partial charge in [-0.15, -0.1) is 11.6 Å². The fourth-order valence-corrected chi connectivity index (χ4v) is 8.58. The molecule has 2 unspecified atom stereocenters. The fraction of sp³-hybridized carbons (Fsp3) is 0.429. The lowest BCUT2D eigenvalue weighted by Crippen LogP contribution is -2.26. The number of halogens is 3. The van der Waals surface area contributed by atoms with Crippen molar-refractivity contribution in [3.05, 3.63) is 98.9 Å². The zero-order chi connectivity index (χ0) is 36.8. The number of hydrogen-bond acceptors (Lipinski definition) is 5. The van der Waals surface area contributed by atoms with Crippen LogP contribution in [0.15, 0.2) is 69.5 Å². The summed E-state index contributed by atoms with van der Waals surface area (Å²) in [5, 5.41) is 18.6. The number of aliphatic carboxylic acids is 1. The first-order valence-electron chi connectivity index (χ1n) is 18.5. The highest BCUT2D eigenvalue weighted by atomic mass is 35.5. The molecule has 2 aliphatic carbocycles. The van der Waals surface area contributed by atoms with Crippen molar-refractivity contribution in [3.63, 3.8) is 0 Å². The standard InChI is InChI=1S/C26H29ClN2O4.C16H18Cl2O/c1-16-21-15-19(27)9-12-22(21)33-25(16)24(17-5-3-2-4-6-17)29-20-10-7-18(8-11-20)26(32)28-14-13-23(30)31;1-10-13-9-12(17)7-8-14(13)19-16(10)15(18)11-5-3-2-4-6-11/h7-12,15,17,24,29H,2-6,13-14H2,1H3,(H,28,32)(H,30,31);7-9,11,15H,2-6H2,1H3. The summed E-state index contributed by atoms with van der Waals surface area (Å²) in [6.45, 7) is 4.27. The van der Waals surface area contributed by atoms with Gasteiger partial charge in [0.2, 0.25) is 0 Å². The first-order valence-corrected chi connectivity index (χ1v) is 19.7. The van der Waals surface area contributed by atoms with Gasteiger partial charge in [-0.2, -0.15) is 0 Å². The molecule has 2 heterocycles. The Bertz CT molecular complexity index is 1990. The summed E-state index contributed by atoms with van der Waals surface area (Å²) in [5.41, 5.74) is 5.37. The van der Waals surface area contributed by atoms with E-state index in [1.54, 1.807) is 12.1 Å². The van der Waals surface area contributed by atoms with E-state index >= 15 is 0 Å². The van der Waals surface area contributed by atoms with Gasteiger partial charge in [0, 0.05) is 44.2 Å². The van der Waals surface area contributed by atoms with E-state index in [4.69, 9.17) is 48.7 Å². The first-order chi connectivity index (χ1) is 25.1. The van der Waals surface area contributed by atoms with Gasteiger partial charge >= 0.3 is 5.97 Å². The second-order valence-electron chi connectivity index (χ2n) is 14.3. The molecule has 52 heavy (non-hydrogen) atoms. The van der Waals surface area contributed by atoms with Crippen molar-refractivity contribution in [2.75, 3.05) is 11.9 Å². The molecule has 3 aromatic carbocycles. The Hall–Kier alpha value is -3.65. The average molecular weight is 766 g/mol. The maximum absolute atomic E-state index is 12.2. The highest BCUT2D eigenvalue weighted by molar-refractivity contribution is 6.31. The Kier molecular flexibility index (Phi) is 12.8. The number of carboxylic acid groups (broad SMARTS) is 1. The smallest absolute Gasteiger partial charge is 0.305 e. The second-order valence-corrected chi connectivity index (χ2v) is 15.6. The van der Waals surface area contributed by atoms with Crippen molar-refractivity contribution in [1.82, 2.24) is 5.32 Å². The molecule has 0 radical (unpaired) electrons. The predicted octanol–water partition coefficient (Wildman–Crippen LogP) is 12.6. The molecule has 0 bridgehead atoms. The van der Waals surface area contributed by atoms with Crippen LogP contribution in [-0.4, -0.2) is 23.5 Å². The van der Waals surface area contributed by atoms with Gasteiger partial charge in [-0.3, -0.25) is 9.59 Å². The van der Waals surface area contributed by atoms with Crippen LogP contribution >= 0.6 is 34.8 Å². The zero-order valence-electron chi connectivity index (χ0n) is 29.8. The molecule has 2 aliphatic rings. The van der Waals surface area contributed by atoms with Crippen LogP contribution < -0.4 is 10.6 Å². The summed E-state index contributed by atoms with van der Waals surface area (Å²) in [4.78, 5) is 22.9. The largest absolute Gasteiger partial charge is 0.481 e. The molecule has 2 atom stereocenters. The molecule has 10 heteroatoms. The van der Waals surface area contributed by atoms with E-state index in [9.17, 15) is 9.59 Å². The third-order valence-corrected chi connectivity index (χ3v) is 11.7. The molecular weight excluding hydrogens is 719 g/mol. The Morgan fingerprint density at radius 3 is 1.83 bits per heavy atom. The van der Waals surface area contributed by atoms with Crippen LogP contribution in [0.4, 0.5) is 5.69 Å². The minimum Gasteiger partial charge on any atom is -0.481 e. The number of anilines is 1. The third-order valence-electron chi connectivity index (χ3n) is 10.7. The van der Waals surface area contributed by atoms with Gasteiger partial charge in [-0.25, -0.2) is 0 Å². The lowest BCUT2D eigenvalue weighted by atomic mass is 9.82. The van der Waals surface area contributed by atoms with Crippen molar-refractivity contribution in [2.45, 2.75) is 95.9 Å². The molecule has 5 aromatic rings. The minimum absolute atomic E-state index is 0.00789. The van der Waals surface area contributed by atoms with Gasteiger partial charge < -0.3 is 24.6 Å². The Labute approximate surface area is 320 Å². The van der Waals surface area contributed by atoms with Crippen LogP contribution in [0.1, 0.15) is 115 Å². The topological polar surface area (TPSA) is 105 Å². The molecule has 2 fully saturated rings. The molecule has 7 rings (SSSR count). The van der Waals surface area contributed by atoms with Gasteiger partial charge in [0.05, 0.1) is 17.8 Å². The molecule has 2 saturated carbocycles. The van der Waals surface area contributed by atoms with Crippen LogP contribution in [0.2, 0.25) is 10.0 Å². The fourth-order valence-electron chi connectivity index (χ4n) is 7.77. The molecule has 0 saturated heterocycles. The maximum Gasteiger partial charge on any atom is 0.305 e. The molecular formula is C42H47Cl3N2O5. The van der Waals surface area contributed by atoms with Crippen molar-refractivity contribution < 1.29 is 23.5 Å². The Morgan fingerprint density at radius 2 is 1.27 bits per heavy atom. The number of carbonyl (C=O) groups excluding carboxylic acids is 1. The molecule has 1 amide bonds. The number of carboxylic acids is 1. The molecule has 7 nitrogen and oxygen atoms in total. The summed E-state index contributed by atoms with van der Waals surface area (Å²) in [7, 11) is 0. The summed E-state index contributed by atoms with van der Waals surface area (Å²) >= 11 is 19.0. The number of nitrogens with one attached hydrogen (secondary N) is 2. The number of hydrogen-bond donors (Lipinski definition) is 3. The Morgan fingerprint density at radius 1 is 0.750 bits per heavy atom. The third kappa shape index (κ3) is 9.10. The SMILES string of the molecule is Cc1c(C(Cl)C2CCCCC2)oc2ccc(Cl)cc12.Cc1c(C(Nc2ccc(C(=O)NCCC(=O)O)cc2)C2CCCCC2)oc2ccc(Cl)cc12. The minimum atomic E-state index is -0.938. The van der Waals surface area contributed by atoms with Gasteiger partial charge in [0.1, 0.15) is 22.7 Å². The maximum atomic E-state index is 12.2. The van der Waals surface area contributed by atoms with E-state index in [1.165, 1.54) is 51.4 Å². The quantitative estimate of drug-likeness (QED) is 0.122. The van der Waals surface area contributed by atoms with E-state index in [0.29, 0.717) is 22.4 Å². The van der Waals surface area contributed by atoms with Gasteiger partial charge in [0.15, 0.2) is 0 Å². The van der Waals surface area contributed by atoms with E-state index in [0.717, 1.165) is 68.1 Å². The number of carbonyl (C=O) groups is 2. The molecule has 276 valence electrons. The van der Waals surface area contributed by atoms with Gasteiger partial charge in [-0.1, -0.05) is 61.7 Å². The monoisotopic (exact) mass is 764 g/mol. The lowest BCUT2D eigenvalue weighted by Gasteiger charge is -2.31. The van der Waals surface area contributed by atoms with E-state index in [2.05, 4.69) is 24.5 Å². The highest BCUT2D eigenvalue weighted by Gasteiger charge is 2.30. The summed E-state index contributed by atoms with van der Waals surface area (Å²) < 4.78 is 12.3. The van der Waals surface area contributed by atoms with E-state index in [1.807, 2.05) is 48.5 Å². The van der Waals surface area contributed by atoms with Gasteiger partial charge in [0.25, 0.3) is 5.91 Å². The highest BCUT2D eigenvalue weighted by Crippen LogP contribution is 2.43. The average Bonchev–Trinajstić information content (AvgIpc) is 3.66. The number of furan rings is 2. The number of aryl methyl sites for hydroxylation is 2. The van der Waals surface area contributed by atoms with E-state index < -0.39 is 5.97 Å². The molecule has 3 N–H and O–H groups in total. The van der Waals surface area contributed by atoms with Crippen molar-refractivity contribution >= 4 is 74.3 Å². The summed E-state index contributed by atoms with van der Waals surface area (Å²) in [6, 6.07) is 18.8. The number of alkyl halides is 1. The van der Waals surface area contributed by atoms with Crippen molar-refractivity contribution in [3.8, 4) is 0 Å². The van der Waals surface area contributed by atoms with Crippen LogP contribution in [-0.2, 0) is 4.79 Å². The van der Waals surface area contributed by atoms with Crippen LogP contribution in [0.3, 0.4) is 0 Å². The second kappa shape index (κ2) is 17.5. The van der Waals surface area contributed by atoms with E-state index in [-0.39, 0.29) is 30.3 Å². The predicted molar refractivity (Wildman–Crippen MR) is 211 cm³/mol. The number of amides is 1. The zero-order valence-corrected chi connectivity index (χ0v) is 32.1. The lowest BCUT2D eigenvalue weighted by molar-refractivity contribution is -0.136. The van der Waals surface area contributed by atoms with Crippen LogP contribution in [0, 0.1) is 25.7 Å². The number of rotatable bonds is 10. The van der Waals surface area contributed by atoms with Crippen LogP contribution in [0.5, 0.6) is 0 Å². The number of benzene rings is 3. The summed E-state index contributed by atoms with van der Waals surface area (Å²) in [6.07, 6.45) is 12.2. The summed E-state index contributed by atoms with van der Waals surface area (Å²) in [5.74, 6) is 1.65. The number of fused-ring (bicyclic) bond motifs is 2. The Balaban J connectivity index is 0.000000206. The van der Waals surface area contributed by atoms with Crippen LogP contribution in [0.25, 0.3) is 21.9 Å². The van der Waals surface area contributed by atoms with Gasteiger partial charge in [-0.05, 0) is 118 Å².